The van der Waals surface area contributed by atoms with Crippen LogP contribution in [-0.4, -0.2) is 38.2 Å². The molecule has 0 aromatic heterocycles. The summed E-state index contributed by atoms with van der Waals surface area (Å²) in [5, 5.41) is 11.2. The molecule has 0 saturated carbocycles. The van der Waals surface area contributed by atoms with E-state index in [2.05, 4.69) is 16.1 Å². The monoisotopic (exact) mass is 268 g/mol. The average molecular weight is 268 g/mol. The maximum Gasteiger partial charge on any atom is 0.328 e. The molecule has 1 fully saturated rings. The van der Waals surface area contributed by atoms with Crippen LogP contribution < -0.4 is 5.32 Å². The molecule has 6 heteroatoms. The minimum Gasteiger partial charge on any atom is -0.467 e. The Morgan fingerprint density at radius 2 is 2.32 bits per heavy atom. The largest absolute Gasteiger partial charge is 0.467 e. The molecule has 1 aliphatic rings. The molecular formula is C13H20N2O4. The second kappa shape index (κ2) is 8.48. The molecule has 0 spiro atoms. The van der Waals surface area contributed by atoms with Crippen molar-refractivity contribution in [3.63, 3.8) is 0 Å². The van der Waals surface area contributed by atoms with E-state index in [1.54, 1.807) is 0 Å². The highest BCUT2D eigenvalue weighted by atomic mass is 16.5. The average Bonchev–Trinajstić information content (AvgIpc) is 2.95. The highest BCUT2D eigenvalue weighted by Gasteiger charge is 2.28. The number of nitrogens with zero attached hydrogens (tertiary/aromatic N) is 1. The van der Waals surface area contributed by atoms with Crippen LogP contribution in [0.15, 0.2) is 0 Å². The fourth-order valence-corrected chi connectivity index (χ4v) is 1.97. The van der Waals surface area contributed by atoms with Gasteiger partial charge in [0.2, 0.25) is 5.91 Å². The zero-order valence-electron chi connectivity index (χ0n) is 11.2. The lowest BCUT2D eigenvalue weighted by Crippen LogP contribution is -2.44. The number of ether oxygens (including phenoxy) is 2. The zero-order valence-corrected chi connectivity index (χ0v) is 11.2. The van der Waals surface area contributed by atoms with E-state index in [0.717, 1.165) is 0 Å². The lowest BCUT2D eigenvalue weighted by molar-refractivity contribution is -0.145. The van der Waals surface area contributed by atoms with Crippen molar-refractivity contribution in [2.45, 2.75) is 38.1 Å². The van der Waals surface area contributed by atoms with Crippen LogP contribution in [0, 0.1) is 17.2 Å². The first kappa shape index (κ1) is 15.4. The molecule has 1 N–H and O–H groups in total. The third-order valence-corrected chi connectivity index (χ3v) is 3.13. The first-order chi connectivity index (χ1) is 9.19. The maximum atomic E-state index is 11.9. The summed E-state index contributed by atoms with van der Waals surface area (Å²) in [7, 11) is 1.30. The lowest BCUT2D eigenvalue weighted by Gasteiger charge is -2.18. The molecule has 0 radical (unpaired) electrons. The molecule has 0 bridgehead atoms. The second-order valence-corrected chi connectivity index (χ2v) is 4.55. The van der Waals surface area contributed by atoms with Gasteiger partial charge in [-0.25, -0.2) is 4.79 Å². The van der Waals surface area contributed by atoms with Crippen molar-refractivity contribution in [1.82, 2.24) is 5.32 Å². The summed E-state index contributed by atoms with van der Waals surface area (Å²) < 4.78 is 9.83. The minimum atomic E-state index is -0.628. The van der Waals surface area contributed by atoms with Crippen LogP contribution in [0.3, 0.4) is 0 Å². The second-order valence-electron chi connectivity index (χ2n) is 4.55. The smallest absolute Gasteiger partial charge is 0.328 e. The van der Waals surface area contributed by atoms with E-state index < -0.39 is 12.0 Å². The summed E-state index contributed by atoms with van der Waals surface area (Å²) in [5.74, 6) is -0.774. The zero-order chi connectivity index (χ0) is 14.1. The Hall–Kier alpha value is -1.61. The minimum absolute atomic E-state index is 0.159. The standard InChI is InChI=1S/C13H20N2O4/c1-18-13(17)11(5-3-2-4-7-14)15-12(16)10-6-8-19-9-10/h10-11H,2-6,8-9H2,1H3,(H,15,16)/t10-,11+/m0/s1. The van der Waals surface area contributed by atoms with Crippen LogP contribution in [0.25, 0.3) is 0 Å². The third-order valence-electron chi connectivity index (χ3n) is 3.13. The van der Waals surface area contributed by atoms with Crippen molar-refractivity contribution in [1.29, 1.82) is 5.26 Å². The highest BCUT2D eigenvalue weighted by Crippen LogP contribution is 2.13. The van der Waals surface area contributed by atoms with Crippen LogP contribution in [0.1, 0.15) is 32.1 Å². The predicted molar refractivity (Wildman–Crippen MR) is 67.0 cm³/mol. The van der Waals surface area contributed by atoms with E-state index >= 15 is 0 Å². The van der Waals surface area contributed by atoms with E-state index in [1.807, 2.05) is 0 Å². The Morgan fingerprint density at radius 3 is 2.89 bits per heavy atom. The fourth-order valence-electron chi connectivity index (χ4n) is 1.97. The van der Waals surface area contributed by atoms with Gasteiger partial charge in [0, 0.05) is 13.0 Å². The molecule has 1 rings (SSSR count). The van der Waals surface area contributed by atoms with Gasteiger partial charge in [0.1, 0.15) is 6.04 Å². The molecule has 1 aliphatic heterocycles. The molecule has 1 amide bonds. The molecule has 0 aromatic rings. The van der Waals surface area contributed by atoms with Crippen molar-refractivity contribution in [2.24, 2.45) is 5.92 Å². The summed E-state index contributed by atoms with van der Waals surface area (Å²) >= 11 is 0. The molecule has 2 atom stereocenters. The number of carbonyl (C=O) groups excluding carboxylic acids is 2. The first-order valence-electron chi connectivity index (χ1n) is 6.52. The third kappa shape index (κ3) is 5.26. The predicted octanol–water partition coefficient (Wildman–Crippen LogP) is 0.765. The number of nitrogens with one attached hydrogen (secondary N) is 1. The molecule has 0 aromatic carbocycles. The Labute approximate surface area is 113 Å². The topological polar surface area (TPSA) is 88.4 Å². The molecule has 1 saturated heterocycles. The molecule has 106 valence electrons. The van der Waals surface area contributed by atoms with Crippen molar-refractivity contribution in [2.75, 3.05) is 20.3 Å². The molecule has 19 heavy (non-hydrogen) atoms. The number of carbonyl (C=O) groups is 2. The summed E-state index contributed by atoms with van der Waals surface area (Å²) in [5.41, 5.74) is 0. The van der Waals surface area contributed by atoms with Gasteiger partial charge in [-0.3, -0.25) is 4.79 Å². The number of esters is 1. The summed E-state index contributed by atoms with van der Waals surface area (Å²) in [6, 6.07) is 1.42. The number of amides is 1. The van der Waals surface area contributed by atoms with Crippen molar-refractivity contribution in [3.8, 4) is 6.07 Å². The van der Waals surface area contributed by atoms with Crippen molar-refractivity contribution >= 4 is 11.9 Å². The van der Waals surface area contributed by atoms with Gasteiger partial charge >= 0.3 is 5.97 Å². The Kier molecular flexibility index (Phi) is 6.90. The normalized spacial score (nSPS) is 19.5. The van der Waals surface area contributed by atoms with E-state index in [-0.39, 0.29) is 11.8 Å². The Morgan fingerprint density at radius 1 is 1.53 bits per heavy atom. The maximum absolute atomic E-state index is 11.9. The van der Waals surface area contributed by atoms with Crippen molar-refractivity contribution < 1.29 is 19.1 Å². The Bertz CT molecular complexity index is 345. The molecular weight excluding hydrogens is 248 g/mol. The van der Waals surface area contributed by atoms with Gasteiger partial charge in [0.25, 0.3) is 0 Å². The molecule has 6 nitrogen and oxygen atoms in total. The van der Waals surface area contributed by atoms with Gasteiger partial charge in [-0.1, -0.05) is 0 Å². The van der Waals surface area contributed by atoms with Gasteiger partial charge in [-0.05, 0) is 25.7 Å². The van der Waals surface area contributed by atoms with Crippen LogP contribution in [0.5, 0.6) is 0 Å². The Balaban J connectivity index is 2.42. The van der Waals surface area contributed by atoms with Gasteiger partial charge in [-0.15, -0.1) is 0 Å². The van der Waals surface area contributed by atoms with Gasteiger partial charge in [0.15, 0.2) is 0 Å². The van der Waals surface area contributed by atoms with Crippen LogP contribution >= 0.6 is 0 Å². The molecule has 0 aliphatic carbocycles. The van der Waals surface area contributed by atoms with Gasteiger partial charge in [-0.2, -0.15) is 5.26 Å². The SMILES string of the molecule is COC(=O)[C@@H](CCCCC#N)NC(=O)[C@H]1CCOC1. The highest BCUT2D eigenvalue weighted by molar-refractivity contribution is 5.85. The number of hydrogen-bond donors (Lipinski definition) is 1. The number of rotatable bonds is 7. The number of hydrogen-bond acceptors (Lipinski definition) is 5. The fraction of sp³-hybridized carbons (Fsp3) is 0.769. The van der Waals surface area contributed by atoms with Crippen LogP contribution in [0.4, 0.5) is 0 Å². The summed E-state index contributed by atoms with van der Waals surface area (Å²) in [6.45, 7) is 0.997. The van der Waals surface area contributed by atoms with Gasteiger partial charge < -0.3 is 14.8 Å². The lowest BCUT2D eigenvalue weighted by atomic mass is 10.1. The van der Waals surface area contributed by atoms with E-state index in [0.29, 0.717) is 45.3 Å². The van der Waals surface area contributed by atoms with E-state index in [1.165, 1.54) is 7.11 Å². The quantitative estimate of drug-likeness (QED) is 0.544. The molecule has 1 heterocycles. The first-order valence-corrected chi connectivity index (χ1v) is 6.52. The number of methoxy groups -OCH3 is 1. The van der Waals surface area contributed by atoms with Gasteiger partial charge in [0.05, 0.1) is 25.7 Å². The van der Waals surface area contributed by atoms with E-state index in [4.69, 9.17) is 10.00 Å². The van der Waals surface area contributed by atoms with Crippen LogP contribution in [-0.2, 0) is 19.1 Å². The summed E-state index contributed by atoms with van der Waals surface area (Å²) in [6.07, 6.45) is 3.06. The number of unbranched alkanes of at least 4 members (excludes halogenated alkanes) is 2. The number of nitriles is 1. The van der Waals surface area contributed by atoms with Crippen LogP contribution in [0.2, 0.25) is 0 Å². The summed E-state index contributed by atoms with van der Waals surface area (Å²) in [4.78, 5) is 23.5. The molecule has 0 unspecified atom stereocenters. The van der Waals surface area contributed by atoms with E-state index in [9.17, 15) is 9.59 Å². The van der Waals surface area contributed by atoms with Crippen molar-refractivity contribution in [3.05, 3.63) is 0 Å².